The lowest BCUT2D eigenvalue weighted by Crippen LogP contribution is -1.94. The van der Waals surface area contributed by atoms with Crippen molar-refractivity contribution in [1.29, 1.82) is 0 Å². The van der Waals surface area contributed by atoms with Gasteiger partial charge in [0.2, 0.25) is 0 Å². The maximum absolute atomic E-state index is 10.9. The van der Waals surface area contributed by atoms with Crippen LogP contribution in [0.2, 0.25) is 0 Å². The van der Waals surface area contributed by atoms with Gasteiger partial charge in [-0.1, -0.05) is 18.2 Å². The minimum atomic E-state index is -0.385. The summed E-state index contributed by atoms with van der Waals surface area (Å²) in [7, 11) is 1.98. The molecule has 0 aliphatic rings. The molecule has 0 atom stereocenters. The highest BCUT2D eigenvalue weighted by Gasteiger charge is 2.12. The molecule has 5 nitrogen and oxygen atoms in total. The predicted octanol–water partition coefficient (Wildman–Crippen LogP) is 4.82. The summed E-state index contributed by atoms with van der Waals surface area (Å²) in [4.78, 5) is 15.3. The number of nitro groups is 1. The molecular weight excluding hydrogens is 314 g/mol. The Hall–Kier alpha value is -3.47. The van der Waals surface area contributed by atoms with Crippen molar-refractivity contribution in [3.8, 4) is 22.5 Å². The van der Waals surface area contributed by atoms with Crippen molar-refractivity contribution < 1.29 is 4.92 Å². The summed E-state index contributed by atoms with van der Waals surface area (Å²) in [5, 5.41) is 11.9. The zero-order chi connectivity index (χ0) is 17.4. The highest BCUT2D eigenvalue weighted by atomic mass is 16.6. The molecule has 2 heterocycles. The topological polar surface area (TPSA) is 61.0 Å². The van der Waals surface area contributed by atoms with Crippen LogP contribution in [-0.2, 0) is 7.05 Å². The third-order valence-electron chi connectivity index (χ3n) is 4.31. The molecule has 122 valence electrons. The van der Waals surface area contributed by atoms with Gasteiger partial charge in [0.25, 0.3) is 5.69 Å². The van der Waals surface area contributed by atoms with Gasteiger partial charge < -0.3 is 4.57 Å². The molecule has 2 aromatic carbocycles. The summed E-state index contributed by atoms with van der Waals surface area (Å²) in [5.41, 5.74) is 4.82. The van der Waals surface area contributed by atoms with Crippen molar-refractivity contribution in [2.45, 2.75) is 0 Å². The average Bonchev–Trinajstić information content (AvgIpc) is 3.07. The van der Waals surface area contributed by atoms with Crippen molar-refractivity contribution in [1.82, 2.24) is 9.55 Å². The molecule has 4 aromatic rings. The Bertz CT molecular complexity index is 1080. The van der Waals surface area contributed by atoms with Crippen LogP contribution in [-0.4, -0.2) is 14.5 Å². The van der Waals surface area contributed by atoms with Crippen LogP contribution in [0.5, 0.6) is 0 Å². The van der Waals surface area contributed by atoms with Gasteiger partial charge in [-0.25, -0.2) is 4.98 Å². The second kappa shape index (κ2) is 5.87. The Balaban J connectivity index is 1.95. The largest absolute Gasteiger partial charge is 0.349 e. The lowest BCUT2D eigenvalue weighted by molar-refractivity contribution is -0.384. The molecule has 0 fully saturated rings. The zero-order valence-electron chi connectivity index (χ0n) is 13.6. The van der Waals surface area contributed by atoms with Gasteiger partial charge in [0.15, 0.2) is 0 Å². The van der Waals surface area contributed by atoms with Crippen LogP contribution in [0.3, 0.4) is 0 Å². The summed E-state index contributed by atoms with van der Waals surface area (Å²) in [6.07, 6.45) is 1.98. The van der Waals surface area contributed by atoms with E-state index in [1.54, 1.807) is 12.1 Å². The summed E-state index contributed by atoms with van der Waals surface area (Å²) < 4.78 is 2.02. The van der Waals surface area contributed by atoms with Crippen molar-refractivity contribution in [3.63, 3.8) is 0 Å². The first kappa shape index (κ1) is 15.1. The second-order valence-corrected chi connectivity index (χ2v) is 5.88. The Labute approximate surface area is 144 Å². The first-order valence-electron chi connectivity index (χ1n) is 7.90. The number of non-ortho nitro benzene ring substituents is 1. The molecule has 0 aliphatic heterocycles. The molecule has 0 spiro atoms. The van der Waals surface area contributed by atoms with Crippen molar-refractivity contribution in [2.75, 3.05) is 0 Å². The van der Waals surface area contributed by atoms with Gasteiger partial charge in [-0.15, -0.1) is 0 Å². The average molecular weight is 329 g/mol. The fourth-order valence-electron chi connectivity index (χ4n) is 3.04. The van der Waals surface area contributed by atoms with Crippen LogP contribution in [0.25, 0.3) is 33.4 Å². The summed E-state index contributed by atoms with van der Waals surface area (Å²) in [6.45, 7) is 0. The monoisotopic (exact) mass is 329 g/mol. The van der Waals surface area contributed by atoms with E-state index in [4.69, 9.17) is 4.98 Å². The number of nitro benzene ring substituents is 1. The number of nitrogens with zero attached hydrogens (tertiary/aromatic N) is 3. The Morgan fingerprint density at radius 3 is 2.44 bits per heavy atom. The Morgan fingerprint density at radius 2 is 1.76 bits per heavy atom. The van der Waals surface area contributed by atoms with Gasteiger partial charge in [0, 0.05) is 30.8 Å². The first-order valence-corrected chi connectivity index (χ1v) is 7.90. The molecule has 0 aliphatic carbocycles. The van der Waals surface area contributed by atoms with E-state index >= 15 is 0 Å². The summed E-state index contributed by atoms with van der Waals surface area (Å²) in [6, 6.07) is 20.6. The normalized spacial score (nSPS) is 10.9. The van der Waals surface area contributed by atoms with E-state index in [1.807, 2.05) is 60.3 Å². The Morgan fingerprint density at radius 1 is 1.00 bits per heavy atom. The Kier molecular flexibility index (Phi) is 3.54. The quantitative estimate of drug-likeness (QED) is 0.400. The number of hydrogen-bond donors (Lipinski definition) is 0. The minimum absolute atomic E-state index is 0.0877. The smallest absolute Gasteiger partial charge is 0.269 e. The molecule has 0 unspecified atom stereocenters. The molecule has 0 saturated heterocycles. The molecule has 0 saturated carbocycles. The fraction of sp³-hybridized carbons (Fsp3) is 0.0500. The molecule has 0 N–H and O–H groups in total. The van der Waals surface area contributed by atoms with Gasteiger partial charge >= 0.3 is 0 Å². The van der Waals surface area contributed by atoms with Crippen LogP contribution < -0.4 is 0 Å². The van der Waals surface area contributed by atoms with Crippen molar-refractivity contribution in [2.24, 2.45) is 7.05 Å². The zero-order valence-corrected chi connectivity index (χ0v) is 13.6. The van der Waals surface area contributed by atoms with Crippen LogP contribution in [0.4, 0.5) is 5.69 Å². The number of pyridine rings is 1. The lowest BCUT2D eigenvalue weighted by atomic mass is 9.99. The van der Waals surface area contributed by atoms with E-state index in [0.29, 0.717) is 0 Å². The van der Waals surface area contributed by atoms with Gasteiger partial charge in [0.05, 0.1) is 21.8 Å². The van der Waals surface area contributed by atoms with Crippen LogP contribution in [0.1, 0.15) is 0 Å². The summed E-state index contributed by atoms with van der Waals surface area (Å²) >= 11 is 0. The molecule has 2 aromatic heterocycles. The van der Waals surface area contributed by atoms with Crippen LogP contribution >= 0.6 is 0 Å². The van der Waals surface area contributed by atoms with Gasteiger partial charge in [-0.05, 0) is 47.5 Å². The number of hydrogen-bond acceptors (Lipinski definition) is 3. The number of rotatable bonds is 3. The molecule has 0 radical (unpaired) electrons. The number of fused-ring (bicyclic) bond motifs is 1. The predicted molar refractivity (Wildman–Crippen MR) is 98.2 cm³/mol. The third-order valence-corrected chi connectivity index (χ3v) is 4.31. The van der Waals surface area contributed by atoms with Gasteiger partial charge in [0.1, 0.15) is 0 Å². The number of aromatic nitrogens is 2. The van der Waals surface area contributed by atoms with Crippen molar-refractivity contribution >= 4 is 16.6 Å². The maximum Gasteiger partial charge on any atom is 0.269 e. The van der Waals surface area contributed by atoms with E-state index in [0.717, 1.165) is 33.4 Å². The van der Waals surface area contributed by atoms with Gasteiger partial charge in [-0.3, -0.25) is 10.1 Å². The molecule has 25 heavy (non-hydrogen) atoms. The minimum Gasteiger partial charge on any atom is -0.349 e. The highest BCUT2D eigenvalue weighted by molar-refractivity contribution is 5.96. The van der Waals surface area contributed by atoms with E-state index in [-0.39, 0.29) is 10.6 Å². The van der Waals surface area contributed by atoms with E-state index in [9.17, 15) is 10.1 Å². The molecule has 5 heteroatoms. The molecule has 0 amide bonds. The number of benzene rings is 2. The summed E-state index contributed by atoms with van der Waals surface area (Å²) in [5.74, 6) is 0. The van der Waals surface area contributed by atoms with E-state index in [1.165, 1.54) is 12.1 Å². The number of aryl methyl sites for hydroxylation is 1. The first-order chi connectivity index (χ1) is 12.1. The molecular formula is C20H15N3O2. The fourth-order valence-corrected chi connectivity index (χ4v) is 3.04. The number of para-hydroxylation sites is 1. The highest BCUT2D eigenvalue weighted by Crippen LogP contribution is 2.32. The second-order valence-electron chi connectivity index (χ2n) is 5.88. The van der Waals surface area contributed by atoms with E-state index in [2.05, 4.69) is 0 Å². The molecule has 0 bridgehead atoms. The van der Waals surface area contributed by atoms with Crippen molar-refractivity contribution in [3.05, 3.63) is 83.0 Å². The van der Waals surface area contributed by atoms with E-state index < -0.39 is 0 Å². The third kappa shape index (κ3) is 2.65. The maximum atomic E-state index is 10.9. The standard InChI is InChI=1S/C20H15N3O2/c1-22-12-4-7-20(22)19-13-17(16-5-2-3-6-18(16)21-19)14-8-10-15(11-9-14)23(24)25/h2-13H,1H3. The van der Waals surface area contributed by atoms with Crippen LogP contribution in [0, 0.1) is 10.1 Å². The lowest BCUT2D eigenvalue weighted by Gasteiger charge is -2.11. The SMILES string of the molecule is Cn1cccc1-c1cc(-c2ccc([N+](=O)[O-])cc2)c2ccccc2n1. The van der Waals surface area contributed by atoms with Gasteiger partial charge in [-0.2, -0.15) is 0 Å². The molecule has 4 rings (SSSR count). The van der Waals surface area contributed by atoms with Crippen LogP contribution in [0.15, 0.2) is 72.9 Å².